The molecule has 31 heavy (non-hydrogen) atoms. The molecule has 0 aliphatic carbocycles. The van der Waals surface area contributed by atoms with E-state index in [9.17, 15) is 13.6 Å². The molecule has 1 amide bonds. The summed E-state index contributed by atoms with van der Waals surface area (Å²) < 4.78 is 34.9. The van der Waals surface area contributed by atoms with Gasteiger partial charge in [-0.2, -0.15) is 10.2 Å². The highest BCUT2D eigenvalue weighted by Crippen LogP contribution is 2.18. The molecule has 0 radical (unpaired) electrons. The number of anilines is 1. The molecule has 0 spiro atoms. The summed E-state index contributed by atoms with van der Waals surface area (Å²) in [7, 11) is 0. The molecular formula is C21H16ClF2N5O2. The molecule has 0 bridgehead atoms. The second-order valence-electron chi connectivity index (χ2n) is 6.60. The van der Waals surface area contributed by atoms with Crippen LogP contribution in [0.3, 0.4) is 0 Å². The Kier molecular flexibility index (Phi) is 5.94. The molecule has 0 unspecified atom stereocenters. The zero-order chi connectivity index (χ0) is 21.8. The Labute approximate surface area is 180 Å². The van der Waals surface area contributed by atoms with Crippen LogP contribution in [0.1, 0.15) is 16.1 Å². The monoisotopic (exact) mass is 443 g/mol. The summed E-state index contributed by atoms with van der Waals surface area (Å²) in [6.07, 6.45) is 4.78. The number of hydrogen-bond acceptors (Lipinski definition) is 4. The Balaban J connectivity index is 1.37. The number of rotatable bonds is 7. The molecule has 1 N–H and O–H groups in total. The van der Waals surface area contributed by atoms with Gasteiger partial charge in [0, 0.05) is 24.1 Å². The average Bonchev–Trinajstić information content (AvgIpc) is 3.37. The Hall–Kier alpha value is -3.72. The molecule has 0 fully saturated rings. The number of carbonyl (C=O) groups excluding carboxylic acids is 1. The lowest BCUT2D eigenvalue weighted by molar-refractivity contribution is 0.102. The van der Waals surface area contributed by atoms with E-state index in [1.54, 1.807) is 23.1 Å². The average molecular weight is 444 g/mol. The third-order valence-corrected chi connectivity index (χ3v) is 4.45. The summed E-state index contributed by atoms with van der Waals surface area (Å²) in [5.41, 5.74) is 1.69. The van der Waals surface area contributed by atoms with Gasteiger partial charge in [0.2, 0.25) is 0 Å². The van der Waals surface area contributed by atoms with Gasteiger partial charge in [0.1, 0.15) is 5.82 Å². The fourth-order valence-corrected chi connectivity index (χ4v) is 2.99. The van der Waals surface area contributed by atoms with Crippen LogP contribution in [0.5, 0.6) is 5.75 Å². The van der Waals surface area contributed by atoms with Gasteiger partial charge in [-0.05, 0) is 35.9 Å². The quantitative estimate of drug-likeness (QED) is 0.461. The van der Waals surface area contributed by atoms with E-state index in [1.165, 1.54) is 23.0 Å². The van der Waals surface area contributed by atoms with Gasteiger partial charge < -0.3 is 10.1 Å². The maximum atomic E-state index is 13.6. The van der Waals surface area contributed by atoms with Gasteiger partial charge in [-0.3, -0.25) is 9.48 Å². The topological polar surface area (TPSA) is 74.0 Å². The second-order valence-corrected chi connectivity index (χ2v) is 7.04. The molecule has 158 valence electrons. The standard InChI is InChI=1S/C21H16ClF2N5O2/c22-15-10-25-29(12-15)11-14-2-1-3-17(8-14)26-21(30)19-6-7-28(27-19)13-31-20-5-4-16(23)9-18(20)24/h1-10,12H,11,13H2,(H,26,30). The zero-order valence-corrected chi connectivity index (χ0v) is 16.8. The van der Waals surface area contributed by atoms with E-state index in [0.29, 0.717) is 17.3 Å². The predicted molar refractivity (Wildman–Crippen MR) is 110 cm³/mol. The molecule has 2 aromatic heterocycles. The van der Waals surface area contributed by atoms with E-state index in [-0.39, 0.29) is 18.2 Å². The Morgan fingerprint density at radius 1 is 1.13 bits per heavy atom. The molecular weight excluding hydrogens is 428 g/mol. The number of nitrogens with zero attached hydrogens (tertiary/aromatic N) is 4. The number of benzene rings is 2. The Bertz CT molecular complexity index is 1220. The van der Waals surface area contributed by atoms with Crippen molar-refractivity contribution in [3.05, 3.63) is 95.0 Å². The van der Waals surface area contributed by atoms with Crippen molar-refractivity contribution >= 4 is 23.2 Å². The van der Waals surface area contributed by atoms with Crippen LogP contribution < -0.4 is 10.1 Å². The fraction of sp³-hybridized carbons (Fsp3) is 0.0952. The first kappa shape index (κ1) is 20.5. The van der Waals surface area contributed by atoms with Crippen molar-refractivity contribution in [1.29, 1.82) is 0 Å². The van der Waals surface area contributed by atoms with E-state index >= 15 is 0 Å². The third-order valence-electron chi connectivity index (χ3n) is 4.25. The molecule has 0 saturated heterocycles. The van der Waals surface area contributed by atoms with Crippen molar-refractivity contribution < 1.29 is 18.3 Å². The van der Waals surface area contributed by atoms with Gasteiger partial charge in [-0.15, -0.1) is 0 Å². The van der Waals surface area contributed by atoms with Crippen LogP contribution in [0, 0.1) is 11.6 Å². The van der Waals surface area contributed by atoms with Gasteiger partial charge in [0.05, 0.1) is 17.8 Å². The summed E-state index contributed by atoms with van der Waals surface area (Å²) in [6.45, 7) is 0.361. The minimum atomic E-state index is -0.817. The summed E-state index contributed by atoms with van der Waals surface area (Å²) in [5.74, 6) is -2.04. The number of aromatic nitrogens is 4. The van der Waals surface area contributed by atoms with Crippen LogP contribution >= 0.6 is 11.6 Å². The number of amides is 1. The van der Waals surface area contributed by atoms with Gasteiger partial charge in [-0.1, -0.05) is 23.7 Å². The largest absolute Gasteiger partial charge is 0.468 e. The van der Waals surface area contributed by atoms with Gasteiger partial charge in [-0.25, -0.2) is 13.5 Å². The lowest BCUT2D eigenvalue weighted by Gasteiger charge is -2.08. The van der Waals surface area contributed by atoms with Crippen molar-refractivity contribution in [2.75, 3.05) is 5.32 Å². The highest BCUT2D eigenvalue weighted by atomic mass is 35.5. The first-order chi connectivity index (χ1) is 15.0. The lowest BCUT2D eigenvalue weighted by atomic mass is 10.2. The van der Waals surface area contributed by atoms with Crippen LogP contribution in [0.4, 0.5) is 14.5 Å². The van der Waals surface area contributed by atoms with Gasteiger partial charge in [0.15, 0.2) is 24.0 Å². The van der Waals surface area contributed by atoms with Crippen LogP contribution in [-0.2, 0) is 13.3 Å². The van der Waals surface area contributed by atoms with Gasteiger partial charge >= 0.3 is 0 Å². The minimum Gasteiger partial charge on any atom is -0.468 e. The number of carbonyl (C=O) groups is 1. The second kappa shape index (κ2) is 8.97. The van der Waals surface area contributed by atoms with Crippen molar-refractivity contribution in [2.24, 2.45) is 0 Å². The predicted octanol–water partition coefficient (Wildman–Crippen LogP) is 4.35. The molecule has 0 aliphatic heterocycles. The van der Waals surface area contributed by atoms with E-state index in [2.05, 4.69) is 15.5 Å². The van der Waals surface area contributed by atoms with E-state index in [0.717, 1.165) is 17.7 Å². The van der Waals surface area contributed by atoms with Crippen LogP contribution in [0.25, 0.3) is 0 Å². The summed E-state index contributed by atoms with van der Waals surface area (Å²) in [4.78, 5) is 12.5. The fourth-order valence-electron chi connectivity index (χ4n) is 2.84. The Morgan fingerprint density at radius 3 is 2.77 bits per heavy atom. The third kappa shape index (κ3) is 5.26. The molecule has 2 aromatic carbocycles. The normalized spacial score (nSPS) is 10.8. The smallest absolute Gasteiger partial charge is 0.276 e. The molecule has 7 nitrogen and oxygen atoms in total. The minimum absolute atomic E-state index is 0.113. The maximum absolute atomic E-state index is 13.6. The Morgan fingerprint density at radius 2 is 2.00 bits per heavy atom. The van der Waals surface area contributed by atoms with Crippen LogP contribution in [0.2, 0.25) is 5.02 Å². The molecule has 4 aromatic rings. The summed E-state index contributed by atoms with van der Waals surface area (Å²) in [5, 5.41) is 11.6. The number of hydrogen-bond donors (Lipinski definition) is 1. The van der Waals surface area contributed by atoms with Crippen molar-refractivity contribution in [3.63, 3.8) is 0 Å². The summed E-state index contributed by atoms with van der Waals surface area (Å²) >= 11 is 5.88. The van der Waals surface area contributed by atoms with Crippen LogP contribution in [-0.4, -0.2) is 25.5 Å². The van der Waals surface area contributed by atoms with E-state index < -0.39 is 17.5 Å². The molecule has 2 heterocycles. The number of halogens is 3. The molecule has 0 aliphatic rings. The highest BCUT2D eigenvalue weighted by Gasteiger charge is 2.11. The molecule has 0 atom stereocenters. The number of ether oxygens (including phenoxy) is 1. The van der Waals surface area contributed by atoms with Crippen molar-refractivity contribution in [2.45, 2.75) is 13.3 Å². The maximum Gasteiger partial charge on any atom is 0.276 e. The lowest BCUT2D eigenvalue weighted by Crippen LogP contribution is -2.14. The highest BCUT2D eigenvalue weighted by molar-refractivity contribution is 6.30. The zero-order valence-electron chi connectivity index (χ0n) is 16.0. The van der Waals surface area contributed by atoms with Gasteiger partial charge in [0.25, 0.3) is 5.91 Å². The van der Waals surface area contributed by atoms with Crippen LogP contribution in [0.15, 0.2) is 67.1 Å². The van der Waals surface area contributed by atoms with Crippen molar-refractivity contribution in [1.82, 2.24) is 19.6 Å². The summed E-state index contributed by atoms with van der Waals surface area (Å²) in [6, 6.07) is 11.8. The first-order valence-corrected chi connectivity index (χ1v) is 9.53. The van der Waals surface area contributed by atoms with E-state index in [1.807, 2.05) is 18.2 Å². The number of nitrogens with one attached hydrogen (secondary N) is 1. The first-order valence-electron chi connectivity index (χ1n) is 9.16. The SMILES string of the molecule is O=C(Nc1cccc(Cn2cc(Cl)cn2)c1)c1ccn(COc2ccc(F)cc2F)n1. The van der Waals surface area contributed by atoms with Crippen molar-refractivity contribution in [3.8, 4) is 5.75 Å². The van der Waals surface area contributed by atoms with E-state index in [4.69, 9.17) is 16.3 Å². The molecule has 0 saturated carbocycles. The molecule has 10 heteroatoms. The molecule has 4 rings (SSSR count).